The number of rotatable bonds is 6. The van der Waals surface area contributed by atoms with Crippen molar-refractivity contribution in [2.24, 2.45) is 16.6 Å². The summed E-state index contributed by atoms with van der Waals surface area (Å²) >= 11 is 5.43. The van der Waals surface area contributed by atoms with Crippen LogP contribution in [-0.2, 0) is 9.59 Å². The lowest BCUT2D eigenvalue weighted by Crippen LogP contribution is -2.21. The second-order valence-electron chi connectivity index (χ2n) is 9.45. The van der Waals surface area contributed by atoms with E-state index >= 15 is 0 Å². The maximum Gasteiger partial charge on any atom is 0.280 e. The van der Waals surface area contributed by atoms with Gasteiger partial charge < -0.3 is 20.4 Å². The first-order valence-corrected chi connectivity index (χ1v) is 13.2. The van der Waals surface area contributed by atoms with Crippen molar-refractivity contribution in [2.45, 2.75) is 31.6 Å². The number of aromatic amines is 1. The molecule has 12 heteroatoms. The Kier molecular flexibility index (Phi) is 9.52. The third kappa shape index (κ3) is 7.18. The predicted molar refractivity (Wildman–Crippen MR) is 153 cm³/mol. The molecular formula is C29H28F2N6O3S. The Morgan fingerprint density at radius 2 is 1.98 bits per heavy atom. The van der Waals surface area contributed by atoms with Gasteiger partial charge in [0, 0.05) is 36.9 Å². The van der Waals surface area contributed by atoms with Gasteiger partial charge in [0.15, 0.2) is 5.82 Å². The molecule has 3 heterocycles. The van der Waals surface area contributed by atoms with E-state index in [1.54, 1.807) is 24.4 Å². The van der Waals surface area contributed by atoms with Gasteiger partial charge in [-0.05, 0) is 48.4 Å². The number of aliphatic imine (C=N–C) groups is 1. The Labute approximate surface area is 240 Å². The zero-order valence-corrected chi connectivity index (χ0v) is 23.3. The maximum absolute atomic E-state index is 13.6. The number of primary amides is 1. The van der Waals surface area contributed by atoms with Gasteiger partial charge in [-0.3, -0.25) is 14.6 Å². The molecule has 9 nitrogen and oxygen atoms in total. The fourth-order valence-electron chi connectivity index (χ4n) is 4.31. The number of nitrogens with zero attached hydrogens (tertiary/aromatic N) is 4. The lowest BCUT2D eigenvalue weighted by molar-refractivity contribution is -0.127. The number of hydrogen-bond acceptors (Lipinski definition) is 7. The first kappa shape index (κ1) is 29.5. The second-order valence-corrected chi connectivity index (χ2v) is 9.85. The lowest BCUT2D eigenvalue weighted by atomic mass is 9.91. The summed E-state index contributed by atoms with van der Waals surface area (Å²) in [7, 11) is 3.22. The first-order valence-electron chi connectivity index (χ1n) is 12.8. The second kappa shape index (κ2) is 13.2. The zero-order chi connectivity index (χ0) is 29.5. The van der Waals surface area contributed by atoms with Crippen LogP contribution in [0, 0.1) is 22.4 Å². The molecule has 41 heavy (non-hydrogen) atoms. The summed E-state index contributed by atoms with van der Waals surface area (Å²) in [5.74, 6) is 6.99. The van der Waals surface area contributed by atoms with E-state index in [2.05, 4.69) is 37.5 Å². The van der Waals surface area contributed by atoms with Crippen LogP contribution in [0.4, 0.5) is 14.6 Å². The topological polar surface area (TPSA) is 127 Å². The van der Waals surface area contributed by atoms with Crippen molar-refractivity contribution in [3.8, 4) is 28.7 Å². The number of ether oxygens (including phenoxy) is 1. The molecule has 0 radical (unpaired) electrons. The molecule has 1 saturated carbocycles. The number of pyridine rings is 1. The van der Waals surface area contributed by atoms with Gasteiger partial charge in [-0.2, -0.15) is 0 Å². The molecule has 0 spiro atoms. The number of benzene rings is 1. The number of halogens is 2. The molecule has 2 fully saturated rings. The minimum Gasteiger partial charge on any atom is -0.494 e. The van der Waals surface area contributed by atoms with Crippen LogP contribution in [-0.4, -0.2) is 59.1 Å². The summed E-state index contributed by atoms with van der Waals surface area (Å²) in [5.41, 5.74) is 6.82. The monoisotopic (exact) mass is 578 g/mol. The molecule has 1 aliphatic carbocycles. The van der Waals surface area contributed by atoms with Crippen molar-refractivity contribution < 1.29 is 23.1 Å². The first-order chi connectivity index (χ1) is 19.7. The Morgan fingerprint density at radius 1 is 1.22 bits per heavy atom. The summed E-state index contributed by atoms with van der Waals surface area (Å²) < 4.78 is 32.9. The number of amides is 2. The molecule has 1 aliphatic heterocycles. The number of nitrogens with one attached hydrogen (secondary N) is 1. The molecule has 3 aromatic rings. The molecule has 3 N–H and O–H groups in total. The Bertz CT molecular complexity index is 1590. The Hall–Kier alpha value is -4.50. The van der Waals surface area contributed by atoms with Crippen LogP contribution in [0.1, 0.15) is 54.1 Å². The van der Waals surface area contributed by atoms with E-state index in [9.17, 15) is 13.6 Å². The number of carbonyl (C=O) groups excluding carboxylic acids is 2. The number of carbonyl (C=O) groups is 2. The van der Waals surface area contributed by atoms with Crippen LogP contribution < -0.4 is 10.5 Å². The highest BCUT2D eigenvalue weighted by molar-refractivity contribution is 7.71. The van der Waals surface area contributed by atoms with E-state index < -0.39 is 6.43 Å². The number of alkyl halides is 2. The van der Waals surface area contributed by atoms with Crippen molar-refractivity contribution in [2.75, 3.05) is 20.7 Å². The van der Waals surface area contributed by atoms with Crippen LogP contribution in [0.15, 0.2) is 41.7 Å². The minimum atomic E-state index is -2.76. The quantitative estimate of drug-likeness (QED) is 0.189. The number of likely N-dealkylation sites (N-methyl/N-ethyl adjacent to an activating group) is 1. The molecule has 1 atom stereocenters. The third-order valence-electron chi connectivity index (χ3n) is 6.61. The molecule has 1 saturated heterocycles. The van der Waals surface area contributed by atoms with E-state index in [1.165, 1.54) is 19.4 Å². The smallest absolute Gasteiger partial charge is 0.280 e. The average molecular weight is 579 g/mol. The van der Waals surface area contributed by atoms with Crippen molar-refractivity contribution in [1.29, 1.82) is 0 Å². The van der Waals surface area contributed by atoms with Crippen LogP contribution >= 0.6 is 12.2 Å². The standard InChI is InChI=1S/C28H25F2N5O2S.CH3NO/c1-35-10-9-20(28(35)36)17-6-7-18(21(11-17)22-12-23(25(29)30)31-15-24(22)37-2)13-32-26-27(38)34-19(14-33-26)8-5-16-3-4-16;2-1-3/h6-7,11-16,20,25H,3-4,9-10H2,1-2H3,(H,34,38);1H,(H2,2,3). The highest BCUT2D eigenvalue weighted by Crippen LogP contribution is 2.37. The molecular weight excluding hydrogens is 550 g/mol. The number of nitrogens with two attached hydrogens (primary N) is 1. The van der Waals surface area contributed by atoms with E-state index in [1.807, 2.05) is 18.2 Å². The van der Waals surface area contributed by atoms with Crippen molar-refractivity contribution in [1.82, 2.24) is 19.9 Å². The van der Waals surface area contributed by atoms with Crippen molar-refractivity contribution >= 4 is 36.6 Å². The van der Waals surface area contributed by atoms with E-state index in [0.29, 0.717) is 57.5 Å². The predicted octanol–water partition coefficient (Wildman–Crippen LogP) is 4.71. The minimum absolute atomic E-state index is 0.0210. The van der Waals surface area contributed by atoms with Gasteiger partial charge >= 0.3 is 0 Å². The van der Waals surface area contributed by atoms with Gasteiger partial charge in [-0.15, -0.1) is 0 Å². The fourth-order valence-corrected chi connectivity index (χ4v) is 4.52. The molecule has 212 valence electrons. The third-order valence-corrected chi connectivity index (χ3v) is 6.90. The molecule has 5 rings (SSSR count). The number of aromatic nitrogens is 3. The molecule has 2 amide bonds. The van der Waals surface area contributed by atoms with Crippen molar-refractivity contribution in [3.05, 3.63) is 63.8 Å². The Balaban J connectivity index is 0.00000124. The van der Waals surface area contributed by atoms with Crippen LogP contribution in [0.2, 0.25) is 0 Å². The van der Waals surface area contributed by atoms with E-state index in [0.717, 1.165) is 18.4 Å². The Morgan fingerprint density at radius 3 is 2.59 bits per heavy atom. The SMILES string of the molecule is COc1cnc(C(F)F)cc1-c1cc(C2CCN(C)C2=O)ccc1C=Nc1ncc(C#CC2CC2)[nH]c1=S.NC=O. The maximum atomic E-state index is 13.6. The summed E-state index contributed by atoms with van der Waals surface area (Å²) in [5, 5.41) is 0. The number of likely N-dealkylation sites (tertiary alicyclic amines) is 1. The number of hydrogen-bond donors (Lipinski definition) is 2. The highest BCUT2D eigenvalue weighted by Gasteiger charge is 2.31. The van der Waals surface area contributed by atoms with Gasteiger partial charge in [0.2, 0.25) is 12.3 Å². The van der Waals surface area contributed by atoms with E-state index in [-0.39, 0.29) is 23.9 Å². The average Bonchev–Trinajstić information content (AvgIpc) is 3.74. The summed E-state index contributed by atoms with van der Waals surface area (Å²) in [4.78, 5) is 38.7. The van der Waals surface area contributed by atoms with E-state index in [4.69, 9.17) is 21.7 Å². The van der Waals surface area contributed by atoms with Crippen molar-refractivity contribution in [3.63, 3.8) is 0 Å². The summed E-state index contributed by atoms with van der Waals surface area (Å²) in [6, 6.07) is 6.81. The fraction of sp³-hybridized carbons (Fsp3) is 0.310. The zero-order valence-electron chi connectivity index (χ0n) is 22.4. The van der Waals surface area contributed by atoms with Gasteiger partial charge in [0.25, 0.3) is 6.43 Å². The molecule has 1 unspecified atom stereocenters. The molecule has 2 aliphatic rings. The van der Waals surface area contributed by atoms with Crippen LogP contribution in [0.5, 0.6) is 5.75 Å². The van der Waals surface area contributed by atoms with Crippen LogP contribution in [0.25, 0.3) is 11.1 Å². The molecule has 2 aromatic heterocycles. The normalized spacial score (nSPS) is 16.3. The largest absolute Gasteiger partial charge is 0.494 e. The van der Waals surface area contributed by atoms with Gasteiger partial charge in [0.1, 0.15) is 21.8 Å². The number of methoxy groups -OCH3 is 1. The highest BCUT2D eigenvalue weighted by atomic mass is 32.1. The summed E-state index contributed by atoms with van der Waals surface area (Å²) in [6.45, 7) is 0.654. The van der Waals surface area contributed by atoms with Gasteiger partial charge in [0.05, 0.1) is 25.4 Å². The van der Waals surface area contributed by atoms with Crippen LogP contribution in [0.3, 0.4) is 0 Å². The summed E-state index contributed by atoms with van der Waals surface area (Å²) in [6.07, 6.45) is 4.85. The molecule has 0 bridgehead atoms. The number of H-pyrrole nitrogens is 1. The van der Waals surface area contributed by atoms with Gasteiger partial charge in [-0.25, -0.2) is 18.8 Å². The molecule has 1 aromatic carbocycles. The van der Waals surface area contributed by atoms with Gasteiger partial charge in [-0.1, -0.05) is 30.3 Å². The lowest BCUT2D eigenvalue weighted by Gasteiger charge is -2.16.